The summed E-state index contributed by atoms with van der Waals surface area (Å²) in [4.78, 5) is 2.32. The van der Waals surface area contributed by atoms with Gasteiger partial charge in [0.15, 0.2) is 0 Å². The van der Waals surface area contributed by atoms with Crippen LogP contribution in [0.3, 0.4) is 0 Å². The van der Waals surface area contributed by atoms with Gasteiger partial charge in [-0.25, -0.2) is 0 Å². The summed E-state index contributed by atoms with van der Waals surface area (Å²) in [6.45, 7) is 2.24. The molecular weight excluding hydrogens is 134 g/mol. The predicted octanol–water partition coefficient (Wildman–Crippen LogP) is 2.27. The smallest absolute Gasteiger partial charge is 0.0237 e. The van der Waals surface area contributed by atoms with Gasteiger partial charge in [0.25, 0.3) is 0 Å². The van der Waals surface area contributed by atoms with Crippen molar-refractivity contribution >= 4 is 0 Å². The van der Waals surface area contributed by atoms with Crippen molar-refractivity contribution in [2.45, 2.75) is 20.5 Å². The Morgan fingerprint density at radius 1 is 1.09 bits per heavy atom. The molecule has 1 aliphatic heterocycles. The molecule has 1 aliphatic rings. The summed E-state index contributed by atoms with van der Waals surface area (Å²) in [5.41, 5.74) is 2.98. The lowest BCUT2D eigenvalue weighted by Crippen LogP contribution is -2.07. The van der Waals surface area contributed by atoms with E-state index in [-0.39, 0.29) is 7.43 Å². The van der Waals surface area contributed by atoms with Crippen molar-refractivity contribution in [3.63, 3.8) is 0 Å². The Labute approximate surface area is 68.7 Å². The third-order valence-corrected chi connectivity index (χ3v) is 2.00. The van der Waals surface area contributed by atoms with Crippen LogP contribution in [-0.4, -0.2) is 11.9 Å². The average Bonchev–Trinajstić information content (AvgIpc) is 2.27. The van der Waals surface area contributed by atoms with Crippen LogP contribution in [0.25, 0.3) is 0 Å². The van der Waals surface area contributed by atoms with E-state index in [0.29, 0.717) is 0 Å². The summed E-state index contributed by atoms with van der Waals surface area (Å²) in [6.07, 6.45) is 0. The second kappa shape index (κ2) is 3.05. The quantitative estimate of drug-likeness (QED) is 0.547. The molecule has 11 heavy (non-hydrogen) atoms. The van der Waals surface area contributed by atoms with Crippen LogP contribution < -0.4 is 0 Å². The number of rotatable bonds is 0. The Hall–Kier alpha value is -0.820. The van der Waals surface area contributed by atoms with Crippen molar-refractivity contribution in [2.24, 2.45) is 0 Å². The molecule has 0 amide bonds. The van der Waals surface area contributed by atoms with E-state index >= 15 is 0 Å². The molecule has 1 aromatic rings. The van der Waals surface area contributed by atoms with Crippen LogP contribution in [0, 0.1) is 0 Å². The number of nitrogens with zero attached hydrogens (tertiary/aromatic N) is 1. The molecule has 0 saturated carbocycles. The molecule has 0 saturated heterocycles. The largest absolute Gasteiger partial charge is 0.298 e. The van der Waals surface area contributed by atoms with Gasteiger partial charge in [-0.15, -0.1) is 0 Å². The minimum Gasteiger partial charge on any atom is -0.298 e. The second-order valence-electron chi connectivity index (χ2n) is 2.94. The second-order valence-corrected chi connectivity index (χ2v) is 2.94. The first-order valence-electron chi connectivity index (χ1n) is 3.61. The number of fused-ring (bicyclic) bond motifs is 1. The van der Waals surface area contributed by atoms with Gasteiger partial charge < -0.3 is 0 Å². The van der Waals surface area contributed by atoms with Crippen LogP contribution in [0.5, 0.6) is 0 Å². The molecule has 1 nitrogen and oxygen atoms in total. The van der Waals surface area contributed by atoms with Gasteiger partial charge in [0.05, 0.1) is 0 Å². The molecule has 0 N–H and O–H groups in total. The molecule has 2 rings (SSSR count). The van der Waals surface area contributed by atoms with Crippen molar-refractivity contribution in [3.05, 3.63) is 35.4 Å². The maximum Gasteiger partial charge on any atom is 0.0237 e. The monoisotopic (exact) mass is 149 g/mol. The fourth-order valence-corrected chi connectivity index (χ4v) is 1.50. The molecule has 60 valence electrons. The first-order chi connectivity index (χ1) is 4.86. The summed E-state index contributed by atoms with van der Waals surface area (Å²) >= 11 is 0. The van der Waals surface area contributed by atoms with E-state index in [0.717, 1.165) is 13.1 Å². The van der Waals surface area contributed by atoms with Gasteiger partial charge in [0.2, 0.25) is 0 Å². The Bertz CT molecular complexity index is 217. The van der Waals surface area contributed by atoms with Gasteiger partial charge in [0, 0.05) is 13.1 Å². The summed E-state index contributed by atoms with van der Waals surface area (Å²) in [7, 11) is 2.15. The first-order valence-corrected chi connectivity index (χ1v) is 3.61. The highest BCUT2D eigenvalue weighted by molar-refractivity contribution is 5.29. The van der Waals surface area contributed by atoms with Gasteiger partial charge in [-0.2, -0.15) is 0 Å². The maximum atomic E-state index is 2.32. The van der Waals surface area contributed by atoms with Gasteiger partial charge in [-0.1, -0.05) is 31.7 Å². The first kappa shape index (κ1) is 8.28. The van der Waals surface area contributed by atoms with E-state index < -0.39 is 0 Å². The molecule has 0 fully saturated rings. The van der Waals surface area contributed by atoms with Crippen molar-refractivity contribution in [3.8, 4) is 0 Å². The lowest BCUT2D eigenvalue weighted by Gasteiger charge is -2.02. The fraction of sp³-hybridized carbons (Fsp3) is 0.400. The van der Waals surface area contributed by atoms with E-state index in [1.54, 1.807) is 0 Å². The van der Waals surface area contributed by atoms with Crippen LogP contribution in [0.1, 0.15) is 18.6 Å². The SMILES string of the molecule is C.CN1Cc2ccccc2C1. The molecule has 0 spiro atoms. The molecule has 0 aromatic heterocycles. The highest BCUT2D eigenvalue weighted by Crippen LogP contribution is 2.19. The van der Waals surface area contributed by atoms with E-state index in [1.165, 1.54) is 11.1 Å². The Kier molecular flexibility index (Phi) is 2.30. The summed E-state index contributed by atoms with van der Waals surface area (Å²) < 4.78 is 0. The average molecular weight is 149 g/mol. The molecule has 0 bridgehead atoms. The Balaban J connectivity index is 0.000000605. The Morgan fingerprint density at radius 3 is 2.00 bits per heavy atom. The molecule has 0 unspecified atom stereocenters. The van der Waals surface area contributed by atoms with E-state index in [9.17, 15) is 0 Å². The van der Waals surface area contributed by atoms with Gasteiger partial charge in [-0.05, 0) is 18.2 Å². The fourth-order valence-electron chi connectivity index (χ4n) is 1.50. The van der Waals surface area contributed by atoms with Crippen molar-refractivity contribution < 1.29 is 0 Å². The van der Waals surface area contributed by atoms with Crippen LogP contribution in [0.15, 0.2) is 24.3 Å². The van der Waals surface area contributed by atoms with Gasteiger partial charge in [0.1, 0.15) is 0 Å². The summed E-state index contributed by atoms with van der Waals surface area (Å²) in [6, 6.07) is 8.63. The zero-order valence-corrected chi connectivity index (χ0v) is 6.17. The Morgan fingerprint density at radius 2 is 1.55 bits per heavy atom. The zero-order valence-electron chi connectivity index (χ0n) is 6.17. The van der Waals surface area contributed by atoms with E-state index in [2.05, 4.69) is 36.2 Å². The van der Waals surface area contributed by atoms with Crippen molar-refractivity contribution in [1.29, 1.82) is 0 Å². The number of benzene rings is 1. The topological polar surface area (TPSA) is 3.24 Å². The zero-order chi connectivity index (χ0) is 6.97. The maximum absolute atomic E-state index is 2.32. The molecule has 1 heterocycles. The lowest BCUT2D eigenvalue weighted by atomic mass is 10.1. The summed E-state index contributed by atoms with van der Waals surface area (Å²) in [5.74, 6) is 0. The highest BCUT2D eigenvalue weighted by Gasteiger charge is 2.12. The number of hydrogen-bond donors (Lipinski definition) is 0. The van der Waals surface area contributed by atoms with Crippen LogP contribution in [-0.2, 0) is 13.1 Å². The normalized spacial score (nSPS) is 15.7. The van der Waals surface area contributed by atoms with E-state index in [4.69, 9.17) is 0 Å². The molecule has 0 atom stereocenters. The molecular formula is C10H15N. The third-order valence-electron chi connectivity index (χ3n) is 2.00. The predicted molar refractivity (Wildman–Crippen MR) is 48.3 cm³/mol. The standard InChI is InChI=1S/C9H11N.CH4/c1-10-6-8-4-2-3-5-9(8)7-10;/h2-5H,6-7H2,1H3;1H4. The molecule has 0 aliphatic carbocycles. The minimum atomic E-state index is 0. The molecule has 0 radical (unpaired) electrons. The van der Waals surface area contributed by atoms with Crippen molar-refractivity contribution in [1.82, 2.24) is 4.90 Å². The van der Waals surface area contributed by atoms with Crippen molar-refractivity contribution in [2.75, 3.05) is 7.05 Å². The van der Waals surface area contributed by atoms with Gasteiger partial charge in [-0.3, -0.25) is 4.90 Å². The third kappa shape index (κ3) is 1.43. The van der Waals surface area contributed by atoms with Crippen LogP contribution >= 0.6 is 0 Å². The molecule has 1 aromatic carbocycles. The highest BCUT2D eigenvalue weighted by atomic mass is 15.1. The van der Waals surface area contributed by atoms with Crippen LogP contribution in [0.4, 0.5) is 0 Å². The van der Waals surface area contributed by atoms with E-state index in [1.807, 2.05) is 0 Å². The molecule has 1 heteroatoms. The number of hydrogen-bond acceptors (Lipinski definition) is 1. The van der Waals surface area contributed by atoms with Crippen LogP contribution in [0.2, 0.25) is 0 Å². The lowest BCUT2D eigenvalue weighted by molar-refractivity contribution is 0.353. The minimum absolute atomic E-state index is 0. The summed E-state index contributed by atoms with van der Waals surface area (Å²) in [5, 5.41) is 0. The van der Waals surface area contributed by atoms with Gasteiger partial charge >= 0.3 is 0 Å².